The molecule has 5 nitrogen and oxygen atoms in total. The molecule has 18 heavy (non-hydrogen) atoms. The summed E-state index contributed by atoms with van der Waals surface area (Å²) in [7, 11) is -4.06. The molecule has 0 aromatic carbocycles. The van der Waals surface area contributed by atoms with Gasteiger partial charge in [0.2, 0.25) is 0 Å². The largest absolute Gasteiger partial charge is 0.464 e. The van der Waals surface area contributed by atoms with Crippen molar-refractivity contribution < 1.29 is 22.5 Å². The van der Waals surface area contributed by atoms with Crippen molar-refractivity contribution in [3.63, 3.8) is 0 Å². The zero-order valence-corrected chi connectivity index (χ0v) is 10.8. The van der Waals surface area contributed by atoms with E-state index >= 15 is 0 Å². The molecule has 5 aliphatic carbocycles. The fourth-order valence-electron chi connectivity index (χ4n) is 3.67. The van der Waals surface area contributed by atoms with Gasteiger partial charge in [0.15, 0.2) is 0 Å². The summed E-state index contributed by atoms with van der Waals surface area (Å²) >= 11 is 0. The predicted molar refractivity (Wildman–Crippen MR) is 63.3 cm³/mol. The van der Waals surface area contributed by atoms with Crippen molar-refractivity contribution >= 4 is 16.1 Å². The van der Waals surface area contributed by atoms with Crippen LogP contribution in [0.3, 0.4) is 0 Å². The first-order valence-corrected chi connectivity index (χ1v) is 7.83. The molecular formula is C12H16O5S. The van der Waals surface area contributed by atoms with Crippen molar-refractivity contribution in [2.24, 2.45) is 17.3 Å². The Labute approximate surface area is 106 Å². The van der Waals surface area contributed by atoms with Crippen molar-refractivity contribution in [1.82, 2.24) is 0 Å². The van der Waals surface area contributed by atoms with Crippen molar-refractivity contribution in [1.29, 1.82) is 0 Å². The molecule has 3 saturated carbocycles. The van der Waals surface area contributed by atoms with E-state index < -0.39 is 21.3 Å². The van der Waals surface area contributed by atoms with Crippen LogP contribution < -0.4 is 0 Å². The number of hydrogen-bond donors (Lipinski definition) is 1. The average molecular weight is 272 g/mol. The molecule has 100 valence electrons. The van der Waals surface area contributed by atoms with Gasteiger partial charge in [-0.05, 0) is 37.5 Å². The Hall–Kier alpha value is -0.880. The number of hydrogen-bond acceptors (Lipinski definition) is 4. The molecule has 3 fully saturated rings. The first-order valence-electron chi connectivity index (χ1n) is 6.22. The van der Waals surface area contributed by atoms with Crippen LogP contribution in [0.25, 0.3) is 0 Å². The first kappa shape index (κ1) is 12.2. The van der Waals surface area contributed by atoms with Gasteiger partial charge in [-0.1, -0.05) is 11.6 Å². The molecule has 2 unspecified atom stereocenters. The fourth-order valence-corrected chi connectivity index (χ4v) is 3.97. The lowest BCUT2D eigenvalue weighted by Gasteiger charge is -2.56. The van der Waals surface area contributed by atoms with E-state index in [1.54, 1.807) is 0 Å². The number of carbonyl (C=O) groups excluding carboxylic acids is 1. The van der Waals surface area contributed by atoms with E-state index in [0.29, 0.717) is 11.8 Å². The summed E-state index contributed by atoms with van der Waals surface area (Å²) in [5, 5.41) is 0. The van der Waals surface area contributed by atoms with Crippen LogP contribution in [0.1, 0.15) is 25.7 Å². The van der Waals surface area contributed by atoms with Crippen LogP contribution in [0.2, 0.25) is 0 Å². The van der Waals surface area contributed by atoms with Gasteiger partial charge in [0.1, 0.15) is 12.4 Å². The van der Waals surface area contributed by atoms with Gasteiger partial charge >= 0.3 is 5.97 Å². The van der Waals surface area contributed by atoms with Crippen molar-refractivity contribution in [2.75, 3.05) is 12.4 Å². The van der Waals surface area contributed by atoms with Gasteiger partial charge in [0.25, 0.3) is 10.1 Å². The van der Waals surface area contributed by atoms with Crippen molar-refractivity contribution in [2.45, 2.75) is 25.7 Å². The Morgan fingerprint density at radius 1 is 1.44 bits per heavy atom. The molecule has 5 rings (SSSR count). The Balaban J connectivity index is 1.62. The molecule has 0 radical (unpaired) electrons. The van der Waals surface area contributed by atoms with Crippen molar-refractivity contribution in [3.8, 4) is 0 Å². The predicted octanol–water partition coefficient (Wildman–Crippen LogP) is 1.16. The van der Waals surface area contributed by atoms with E-state index in [4.69, 9.17) is 9.29 Å². The van der Waals surface area contributed by atoms with E-state index in [2.05, 4.69) is 6.08 Å². The molecule has 5 aliphatic rings. The smallest absolute Gasteiger partial charge is 0.312 e. The number of ether oxygens (including phenoxy) is 1. The Kier molecular flexibility index (Phi) is 2.57. The monoisotopic (exact) mass is 272 g/mol. The van der Waals surface area contributed by atoms with Gasteiger partial charge in [-0.3, -0.25) is 9.35 Å². The second-order valence-corrected chi connectivity index (χ2v) is 7.22. The zero-order valence-electron chi connectivity index (χ0n) is 9.96. The maximum absolute atomic E-state index is 12.1. The molecule has 0 aromatic heterocycles. The molecule has 0 heterocycles. The summed E-state index contributed by atoms with van der Waals surface area (Å²) in [6.45, 7) is -0.259. The van der Waals surface area contributed by atoms with Crippen LogP contribution in [0.4, 0.5) is 0 Å². The SMILES string of the molecule is O=C(OCCS(=O)(=O)O)C12CC=C3C(C[C@@H]3C1)C2. The van der Waals surface area contributed by atoms with E-state index in [1.807, 2.05) is 0 Å². The van der Waals surface area contributed by atoms with Crippen LogP contribution in [-0.2, 0) is 19.6 Å². The molecule has 4 bridgehead atoms. The summed E-state index contributed by atoms with van der Waals surface area (Å²) in [5.74, 6) is 0.275. The van der Waals surface area contributed by atoms with Gasteiger partial charge < -0.3 is 4.74 Å². The zero-order chi connectivity index (χ0) is 13.0. The Morgan fingerprint density at radius 3 is 2.67 bits per heavy atom. The van der Waals surface area contributed by atoms with Crippen molar-refractivity contribution in [3.05, 3.63) is 11.6 Å². The molecule has 0 saturated heterocycles. The van der Waals surface area contributed by atoms with E-state index in [1.165, 1.54) is 12.0 Å². The van der Waals surface area contributed by atoms with Gasteiger partial charge in [-0.2, -0.15) is 8.42 Å². The quantitative estimate of drug-likeness (QED) is 0.472. The van der Waals surface area contributed by atoms with Crippen LogP contribution in [0.5, 0.6) is 0 Å². The molecule has 6 heteroatoms. The molecule has 0 spiro atoms. The number of fused-ring (bicyclic) bond motifs is 1. The summed E-state index contributed by atoms with van der Waals surface area (Å²) in [6.07, 6.45) is 5.77. The van der Waals surface area contributed by atoms with Crippen LogP contribution in [0.15, 0.2) is 11.6 Å². The molecule has 0 aromatic rings. The third kappa shape index (κ3) is 1.87. The van der Waals surface area contributed by atoms with Gasteiger partial charge in [0, 0.05) is 0 Å². The second-order valence-electron chi connectivity index (χ2n) is 5.65. The molecule has 0 aliphatic heterocycles. The van der Waals surface area contributed by atoms with E-state index in [0.717, 1.165) is 19.3 Å². The van der Waals surface area contributed by atoms with E-state index in [9.17, 15) is 13.2 Å². The molecular weight excluding hydrogens is 256 g/mol. The summed E-state index contributed by atoms with van der Waals surface area (Å²) in [4.78, 5) is 12.1. The highest BCUT2D eigenvalue weighted by atomic mass is 32.2. The van der Waals surface area contributed by atoms with Crippen LogP contribution >= 0.6 is 0 Å². The number of allylic oxidation sites excluding steroid dienone is 2. The maximum Gasteiger partial charge on any atom is 0.312 e. The average Bonchev–Trinajstić information content (AvgIpc) is 2.27. The highest BCUT2D eigenvalue weighted by Crippen LogP contribution is 2.62. The highest BCUT2D eigenvalue weighted by Gasteiger charge is 2.57. The third-order valence-corrected chi connectivity index (χ3v) is 5.20. The number of esters is 1. The minimum absolute atomic E-state index is 0.259. The van der Waals surface area contributed by atoms with Gasteiger partial charge in [-0.15, -0.1) is 0 Å². The molecule has 1 N–H and O–H groups in total. The summed E-state index contributed by atoms with van der Waals surface area (Å²) in [5.41, 5.74) is 1.09. The topological polar surface area (TPSA) is 80.7 Å². The standard InChI is InChI=1S/C12H16O5S/c13-11(17-3-4-18(14,15)16)12-2-1-10-8(6-12)5-9(10)7-12/h1,8-9H,2-7H2,(H,14,15,16)/t8-,9?,12?/m1/s1. The minimum atomic E-state index is -4.06. The fraction of sp³-hybridized carbons (Fsp3) is 0.750. The number of rotatable bonds is 4. The maximum atomic E-state index is 12.1. The van der Waals surface area contributed by atoms with Gasteiger partial charge in [0.05, 0.1) is 5.41 Å². The second kappa shape index (κ2) is 3.81. The lowest BCUT2D eigenvalue weighted by atomic mass is 9.48. The van der Waals surface area contributed by atoms with Crippen LogP contribution in [0, 0.1) is 17.3 Å². The lowest BCUT2D eigenvalue weighted by molar-refractivity contribution is -0.162. The molecule has 0 amide bonds. The lowest BCUT2D eigenvalue weighted by Crippen LogP contribution is -2.51. The van der Waals surface area contributed by atoms with E-state index in [-0.39, 0.29) is 12.6 Å². The number of carbonyl (C=O) groups is 1. The summed E-state index contributed by atoms with van der Waals surface area (Å²) in [6, 6.07) is 0. The Bertz CT molecular complexity index is 505. The summed E-state index contributed by atoms with van der Waals surface area (Å²) < 4.78 is 34.7. The minimum Gasteiger partial charge on any atom is -0.464 e. The Morgan fingerprint density at radius 2 is 2.11 bits per heavy atom. The third-order valence-electron chi connectivity index (χ3n) is 4.52. The molecule has 3 atom stereocenters. The highest BCUT2D eigenvalue weighted by molar-refractivity contribution is 7.85. The first-order chi connectivity index (χ1) is 8.40. The van der Waals surface area contributed by atoms with Gasteiger partial charge in [-0.25, -0.2) is 0 Å². The normalized spacial score (nSPS) is 36.8. The van der Waals surface area contributed by atoms with Crippen LogP contribution in [-0.4, -0.2) is 31.3 Å².